The zero-order chi connectivity index (χ0) is 16.7. The molecule has 0 N–H and O–H groups in total. The second kappa shape index (κ2) is 6.06. The van der Waals surface area contributed by atoms with Crippen molar-refractivity contribution in [1.29, 1.82) is 0 Å². The largest absolute Gasteiger partial charge is 0.456 e. The zero-order valence-electron chi connectivity index (χ0n) is 13.7. The fourth-order valence-electron chi connectivity index (χ4n) is 4.25. The third kappa shape index (κ3) is 2.35. The van der Waals surface area contributed by atoms with Crippen molar-refractivity contribution in [2.24, 2.45) is 5.92 Å². The van der Waals surface area contributed by atoms with Crippen molar-refractivity contribution >= 4 is 11.9 Å². The Morgan fingerprint density at radius 3 is 2.75 bits per heavy atom. The lowest BCUT2D eigenvalue weighted by Gasteiger charge is -2.39. The zero-order valence-corrected chi connectivity index (χ0v) is 13.7. The molecule has 1 amide bonds. The van der Waals surface area contributed by atoms with Crippen LogP contribution in [-0.2, 0) is 25.7 Å². The van der Waals surface area contributed by atoms with Crippen LogP contribution in [0.15, 0.2) is 41.6 Å². The van der Waals surface area contributed by atoms with Crippen molar-refractivity contribution < 1.29 is 19.1 Å². The van der Waals surface area contributed by atoms with Crippen LogP contribution >= 0.6 is 0 Å². The van der Waals surface area contributed by atoms with E-state index in [1.54, 1.807) is 12.0 Å². The van der Waals surface area contributed by atoms with E-state index in [0.29, 0.717) is 12.1 Å². The highest BCUT2D eigenvalue weighted by Gasteiger charge is 2.55. The highest BCUT2D eigenvalue weighted by atomic mass is 16.5. The Balaban J connectivity index is 1.60. The summed E-state index contributed by atoms with van der Waals surface area (Å²) in [5, 5.41) is 0. The summed E-state index contributed by atoms with van der Waals surface area (Å²) in [4.78, 5) is 26.5. The highest BCUT2D eigenvalue weighted by molar-refractivity contribution is 5.99. The number of methoxy groups -OCH3 is 1. The Labute approximate surface area is 141 Å². The molecule has 0 unspecified atom stereocenters. The van der Waals surface area contributed by atoms with Crippen LogP contribution < -0.4 is 0 Å². The smallest absolute Gasteiger partial charge is 0.355 e. The minimum atomic E-state index is -0.404. The lowest BCUT2D eigenvalue weighted by atomic mass is 9.77. The second-order valence-corrected chi connectivity index (χ2v) is 6.66. The quantitative estimate of drug-likeness (QED) is 0.629. The number of hydrogen-bond donors (Lipinski definition) is 0. The van der Waals surface area contributed by atoms with E-state index in [1.165, 1.54) is 0 Å². The van der Waals surface area contributed by atoms with Gasteiger partial charge in [-0.1, -0.05) is 30.3 Å². The lowest BCUT2D eigenvalue weighted by Crippen LogP contribution is -2.52. The molecule has 0 aromatic heterocycles. The van der Waals surface area contributed by atoms with Crippen LogP contribution in [-0.4, -0.2) is 36.0 Å². The molecule has 0 radical (unpaired) electrons. The number of fused-ring (bicyclic) bond motifs is 3. The number of hydrogen-bond acceptors (Lipinski definition) is 4. The molecule has 1 aromatic rings. The van der Waals surface area contributed by atoms with Gasteiger partial charge in [0.1, 0.15) is 12.3 Å². The van der Waals surface area contributed by atoms with Gasteiger partial charge in [-0.2, -0.15) is 0 Å². The maximum atomic E-state index is 12.7. The molecule has 1 saturated heterocycles. The average Bonchev–Trinajstić information content (AvgIpc) is 2.89. The molecule has 2 fully saturated rings. The van der Waals surface area contributed by atoms with E-state index in [0.717, 1.165) is 30.4 Å². The molecule has 126 valence electrons. The van der Waals surface area contributed by atoms with Crippen LogP contribution in [0.2, 0.25) is 0 Å². The first-order valence-electron chi connectivity index (χ1n) is 8.50. The lowest BCUT2D eigenvalue weighted by molar-refractivity contribution is -0.151. The molecule has 3 atom stereocenters. The van der Waals surface area contributed by atoms with E-state index >= 15 is 0 Å². The third-order valence-corrected chi connectivity index (χ3v) is 5.38. The van der Waals surface area contributed by atoms with Crippen molar-refractivity contribution in [3.63, 3.8) is 0 Å². The van der Waals surface area contributed by atoms with Crippen LogP contribution in [0.3, 0.4) is 0 Å². The molecule has 0 spiro atoms. The topological polar surface area (TPSA) is 55.8 Å². The van der Waals surface area contributed by atoms with Gasteiger partial charge in [0, 0.05) is 19.4 Å². The van der Waals surface area contributed by atoms with Gasteiger partial charge in [-0.15, -0.1) is 0 Å². The fraction of sp³-hybridized carbons (Fsp3) is 0.474. The number of nitrogens with zero attached hydrogens (tertiary/aromatic N) is 1. The molecule has 2 aliphatic heterocycles. The van der Waals surface area contributed by atoms with Gasteiger partial charge in [0.15, 0.2) is 0 Å². The Bertz CT molecular complexity index is 697. The van der Waals surface area contributed by atoms with Gasteiger partial charge in [0.05, 0.1) is 12.1 Å². The number of amides is 1. The number of carbonyl (C=O) groups excluding carboxylic acids is 2. The molecular weight excluding hydrogens is 306 g/mol. The van der Waals surface area contributed by atoms with Gasteiger partial charge >= 0.3 is 5.97 Å². The van der Waals surface area contributed by atoms with Crippen LogP contribution in [0.25, 0.3) is 0 Å². The summed E-state index contributed by atoms with van der Waals surface area (Å²) >= 11 is 0. The molecule has 2 heterocycles. The monoisotopic (exact) mass is 327 g/mol. The molecule has 1 aromatic carbocycles. The molecule has 1 saturated carbocycles. The average molecular weight is 327 g/mol. The normalized spacial score (nSPS) is 28.3. The van der Waals surface area contributed by atoms with Gasteiger partial charge in [-0.3, -0.25) is 4.79 Å². The number of esters is 1. The molecule has 4 rings (SSSR count). The highest BCUT2D eigenvalue weighted by Crippen LogP contribution is 2.49. The van der Waals surface area contributed by atoms with Crippen LogP contribution in [0, 0.1) is 5.92 Å². The minimum Gasteiger partial charge on any atom is -0.456 e. The van der Waals surface area contributed by atoms with Gasteiger partial charge in [0.25, 0.3) is 0 Å². The molecule has 1 aliphatic carbocycles. The molecule has 3 aliphatic rings. The van der Waals surface area contributed by atoms with Gasteiger partial charge in [-0.05, 0) is 30.4 Å². The summed E-state index contributed by atoms with van der Waals surface area (Å²) in [5.74, 6) is -0.137. The van der Waals surface area contributed by atoms with E-state index in [9.17, 15) is 9.59 Å². The Hall–Kier alpha value is -2.14. The molecular formula is C19H21NO4. The van der Waals surface area contributed by atoms with Crippen LogP contribution in [0.1, 0.15) is 31.2 Å². The van der Waals surface area contributed by atoms with Gasteiger partial charge < -0.3 is 14.4 Å². The second-order valence-electron chi connectivity index (χ2n) is 6.66. The van der Waals surface area contributed by atoms with E-state index in [2.05, 4.69) is 0 Å². The maximum absolute atomic E-state index is 12.7. The summed E-state index contributed by atoms with van der Waals surface area (Å²) in [6.45, 7) is 0.214. The van der Waals surface area contributed by atoms with Gasteiger partial charge in [-0.25, -0.2) is 4.79 Å². The van der Waals surface area contributed by atoms with E-state index in [1.807, 2.05) is 30.3 Å². The molecule has 24 heavy (non-hydrogen) atoms. The van der Waals surface area contributed by atoms with Crippen molar-refractivity contribution in [1.82, 2.24) is 4.90 Å². The van der Waals surface area contributed by atoms with E-state index in [-0.39, 0.29) is 30.6 Å². The van der Waals surface area contributed by atoms with E-state index < -0.39 is 5.97 Å². The predicted octanol–water partition coefficient (Wildman–Crippen LogP) is 2.41. The first-order valence-corrected chi connectivity index (χ1v) is 8.50. The summed E-state index contributed by atoms with van der Waals surface area (Å²) in [5.41, 5.74) is 2.37. The summed E-state index contributed by atoms with van der Waals surface area (Å²) in [6.07, 6.45) is 3.42. The summed E-state index contributed by atoms with van der Waals surface area (Å²) < 4.78 is 11.1. The SMILES string of the molecule is CO[C@@H]1CCC[C@@H]2C1=C(C(=O)OCc1ccccc1)N1C(=O)C[C@H]21. The first kappa shape index (κ1) is 15.4. The predicted molar refractivity (Wildman–Crippen MR) is 86.7 cm³/mol. The number of ether oxygens (including phenoxy) is 2. The molecule has 5 nitrogen and oxygen atoms in total. The molecule has 5 heteroatoms. The Morgan fingerprint density at radius 2 is 2.04 bits per heavy atom. The van der Waals surface area contributed by atoms with Crippen LogP contribution in [0.4, 0.5) is 0 Å². The van der Waals surface area contributed by atoms with Gasteiger partial charge in [0.2, 0.25) is 5.91 Å². The number of benzene rings is 1. The molecule has 0 bridgehead atoms. The van der Waals surface area contributed by atoms with E-state index in [4.69, 9.17) is 9.47 Å². The third-order valence-electron chi connectivity index (χ3n) is 5.38. The van der Waals surface area contributed by atoms with Crippen molar-refractivity contribution in [3.05, 3.63) is 47.2 Å². The van der Waals surface area contributed by atoms with Crippen molar-refractivity contribution in [2.45, 2.75) is 44.4 Å². The van der Waals surface area contributed by atoms with Crippen molar-refractivity contribution in [3.8, 4) is 0 Å². The maximum Gasteiger partial charge on any atom is 0.355 e. The Kier molecular flexibility index (Phi) is 3.88. The van der Waals surface area contributed by atoms with Crippen molar-refractivity contribution in [2.75, 3.05) is 7.11 Å². The summed E-state index contributed by atoms with van der Waals surface area (Å²) in [7, 11) is 1.67. The number of rotatable bonds is 4. The summed E-state index contributed by atoms with van der Waals surface area (Å²) in [6, 6.07) is 9.70. The fourth-order valence-corrected chi connectivity index (χ4v) is 4.25. The number of β-lactam (4-membered cyclic amide) rings is 1. The number of carbonyl (C=O) groups is 2. The minimum absolute atomic E-state index is 0.0171. The Morgan fingerprint density at radius 1 is 1.25 bits per heavy atom. The van der Waals surface area contributed by atoms with Crippen LogP contribution in [0.5, 0.6) is 0 Å². The standard InChI is InChI=1S/C19H21NO4/c1-23-15-9-5-8-13-14-10-16(21)20(14)18(17(13)15)19(22)24-11-12-6-3-2-4-7-12/h2-4,6-7,13-15H,5,8-11H2,1H3/t13-,14+,15+/m0/s1. The first-order chi connectivity index (χ1) is 11.7.